The van der Waals surface area contributed by atoms with Gasteiger partial charge in [-0.05, 0) is 63.5 Å². The Bertz CT molecular complexity index is 390. The molecule has 1 aromatic rings. The summed E-state index contributed by atoms with van der Waals surface area (Å²) in [6, 6.07) is 11.5. The number of benzene rings is 1. The van der Waals surface area contributed by atoms with Gasteiger partial charge in [0.2, 0.25) is 0 Å². The Morgan fingerprint density at radius 3 is 1.57 bits per heavy atom. The van der Waals surface area contributed by atoms with Crippen molar-refractivity contribution in [1.82, 2.24) is 0 Å². The van der Waals surface area contributed by atoms with Crippen LogP contribution in [0.2, 0.25) is 0 Å². The van der Waals surface area contributed by atoms with Crippen LogP contribution in [-0.2, 0) is 0 Å². The number of hydrogen-bond donors (Lipinski definition) is 0. The number of rotatable bonds is 3. The molecule has 2 fully saturated rings. The molecule has 0 nitrogen and oxygen atoms in total. The van der Waals surface area contributed by atoms with Gasteiger partial charge in [0.15, 0.2) is 0 Å². The molecule has 0 saturated heterocycles. The molecule has 118 valence electrons. The van der Waals surface area contributed by atoms with Gasteiger partial charge in [-0.3, -0.25) is 0 Å². The summed E-state index contributed by atoms with van der Waals surface area (Å²) in [5, 5.41) is 1.65. The van der Waals surface area contributed by atoms with Crippen LogP contribution in [0.4, 0.5) is 0 Å². The summed E-state index contributed by atoms with van der Waals surface area (Å²) in [6.45, 7) is 0. The zero-order chi connectivity index (χ0) is 13.8. The van der Waals surface area contributed by atoms with Gasteiger partial charge in [-0.2, -0.15) is 0 Å². The molecule has 1 aromatic carbocycles. The van der Waals surface area contributed by atoms with E-state index in [0.29, 0.717) is 0 Å². The van der Waals surface area contributed by atoms with Gasteiger partial charge >= 0.3 is 0 Å². The molecule has 21 heavy (non-hydrogen) atoms. The lowest BCUT2D eigenvalue weighted by Gasteiger charge is -2.38. The van der Waals surface area contributed by atoms with E-state index in [2.05, 4.69) is 45.8 Å². The monoisotopic (exact) mass is 432 g/mol. The second-order valence-electron chi connectivity index (χ2n) is 6.61. The highest BCUT2D eigenvalue weighted by Crippen LogP contribution is 2.76. The average Bonchev–Trinajstić information content (AvgIpc) is 2.56. The van der Waals surface area contributed by atoms with E-state index in [0.717, 1.165) is 11.3 Å². The second-order valence-corrected chi connectivity index (χ2v) is 13.5. The Morgan fingerprint density at radius 1 is 0.714 bits per heavy atom. The molecule has 0 bridgehead atoms. The first-order chi connectivity index (χ1) is 9.82. The maximum atomic E-state index is 4.43. The third kappa shape index (κ3) is 3.93. The molecule has 0 unspecified atom stereocenters. The van der Waals surface area contributed by atoms with Gasteiger partial charge in [-0.1, -0.05) is 31.0 Å². The van der Waals surface area contributed by atoms with Crippen LogP contribution in [0.1, 0.15) is 64.2 Å². The van der Waals surface area contributed by atoms with E-state index in [1.807, 2.05) is 0 Å². The Balaban J connectivity index is 0.00000161. The lowest BCUT2D eigenvalue weighted by Crippen LogP contribution is -3.00. The van der Waals surface area contributed by atoms with Crippen LogP contribution in [0.5, 0.6) is 0 Å². The summed E-state index contributed by atoms with van der Waals surface area (Å²) >= 11 is 4.43. The molecule has 0 amide bonds. The lowest BCUT2D eigenvalue weighted by atomic mass is 9.99. The highest BCUT2D eigenvalue weighted by atomic mass is 79.9. The van der Waals surface area contributed by atoms with E-state index in [1.54, 1.807) is 5.30 Å². The van der Waals surface area contributed by atoms with E-state index < -0.39 is 5.96 Å². The molecular weight excluding hydrogens is 407 g/mol. The Kier molecular flexibility index (Phi) is 7.23. The molecule has 0 aliphatic heterocycles. The van der Waals surface area contributed by atoms with Crippen LogP contribution >= 0.6 is 21.5 Å². The third-order valence-corrected chi connectivity index (χ3v) is 14.3. The maximum Gasteiger partial charge on any atom is 0.145 e. The van der Waals surface area contributed by atoms with E-state index in [4.69, 9.17) is 0 Å². The van der Waals surface area contributed by atoms with E-state index in [1.165, 1.54) is 64.2 Å². The van der Waals surface area contributed by atoms with Crippen LogP contribution in [0.3, 0.4) is 0 Å². The van der Waals surface area contributed by atoms with Gasteiger partial charge in [0, 0.05) is 0 Å². The van der Waals surface area contributed by atoms with Crippen molar-refractivity contribution in [2.45, 2.75) is 75.5 Å². The van der Waals surface area contributed by atoms with Crippen molar-refractivity contribution < 1.29 is 17.0 Å². The molecule has 3 heteroatoms. The highest BCUT2D eigenvalue weighted by molar-refractivity contribution is 9.43. The van der Waals surface area contributed by atoms with Gasteiger partial charge in [-0.25, -0.2) is 0 Å². The predicted octanol–water partition coefficient (Wildman–Crippen LogP) is 3.31. The SMILES string of the molecule is Br[P+](c1ccccc1)(C1CCCCC1)C1CCCCC1.[Br-]. The van der Waals surface area contributed by atoms with Crippen LogP contribution in [-0.4, -0.2) is 11.3 Å². The second kappa shape index (κ2) is 8.46. The fraction of sp³-hybridized carbons (Fsp3) is 0.667. The van der Waals surface area contributed by atoms with Gasteiger partial charge in [0.25, 0.3) is 0 Å². The minimum atomic E-state index is -1.16. The van der Waals surface area contributed by atoms with Gasteiger partial charge in [0.1, 0.15) is 26.8 Å². The average molecular weight is 434 g/mol. The molecule has 3 rings (SSSR count). The van der Waals surface area contributed by atoms with E-state index in [9.17, 15) is 0 Å². The summed E-state index contributed by atoms with van der Waals surface area (Å²) in [7, 11) is 0. The summed E-state index contributed by atoms with van der Waals surface area (Å²) in [6.07, 6.45) is 14.6. The zero-order valence-electron chi connectivity index (χ0n) is 12.8. The van der Waals surface area contributed by atoms with Crippen molar-refractivity contribution in [3.63, 3.8) is 0 Å². The number of halogens is 2. The molecule has 0 atom stereocenters. The Hall–Kier alpha value is 0.610. The van der Waals surface area contributed by atoms with Crippen molar-refractivity contribution >= 4 is 26.8 Å². The standard InChI is InChI=1S/C18H27BrP.BrH/c19-20(16-10-4-1-5-11-16,17-12-6-2-7-13-17)18-14-8-3-9-15-18;/h1,4-5,10-11,17-18H,2-3,6-9,12-15H2;1H/q+1;/p-1. The fourth-order valence-corrected chi connectivity index (χ4v) is 11.8. The van der Waals surface area contributed by atoms with Gasteiger partial charge < -0.3 is 17.0 Å². The topological polar surface area (TPSA) is 0 Å². The van der Waals surface area contributed by atoms with E-state index >= 15 is 0 Å². The summed E-state index contributed by atoms with van der Waals surface area (Å²) in [4.78, 5) is 0. The quantitative estimate of drug-likeness (QED) is 0.641. The summed E-state index contributed by atoms with van der Waals surface area (Å²) in [5.74, 6) is -1.16. The Morgan fingerprint density at radius 2 is 1.14 bits per heavy atom. The predicted molar refractivity (Wildman–Crippen MR) is 95.7 cm³/mol. The molecule has 0 heterocycles. The van der Waals surface area contributed by atoms with Crippen molar-refractivity contribution in [2.24, 2.45) is 0 Å². The van der Waals surface area contributed by atoms with Crippen LogP contribution in [0.15, 0.2) is 30.3 Å². The minimum absolute atomic E-state index is 0. The highest BCUT2D eigenvalue weighted by Gasteiger charge is 2.52. The molecule has 0 radical (unpaired) electrons. The first-order valence-electron chi connectivity index (χ1n) is 8.45. The fourth-order valence-electron chi connectivity index (χ4n) is 4.29. The molecule has 0 spiro atoms. The van der Waals surface area contributed by atoms with Crippen molar-refractivity contribution in [2.75, 3.05) is 0 Å². The number of hydrogen-bond acceptors (Lipinski definition) is 0. The molecule has 2 aliphatic carbocycles. The van der Waals surface area contributed by atoms with Crippen LogP contribution in [0, 0.1) is 0 Å². The molecule has 2 saturated carbocycles. The van der Waals surface area contributed by atoms with Crippen LogP contribution < -0.4 is 22.3 Å². The first kappa shape index (κ1) is 18.0. The van der Waals surface area contributed by atoms with Crippen molar-refractivity contribution in [3.05, 3.63) is 30.3 Å². The Labute approximate surface area is 149 Å². The lowest BCUT2D eigenvalue weighted by molar-refractivity contribution is -0.00000395. The normalized spacial score (nSPS) is 21.8. The minimum Gasteiger partial charge on any atom is -1.00 e. The third-order valence-electron chi connectivity index (χ3n) is 5.36. The van der Waals surface area contributed by atoms with E-state index in [-0.39, 0.29) is 17.0 Å². The summed E-state index contributed by atoms with van der Waals surface area (Å²) in [5.41, 5.74) is 1.89. The molecular formula is C18H27Br2P. The molecule has 2 aliphatic rings. The maximum absolute atomic E-state index is 4.43. The summed E-state index contributed by atoms with van der Waals surface area (Å²) < 4.78 is 0. The molecule has 0 N–H and O–H groups in total. The van der Waals surface area contributed by atoms with Gasteiger partial charge in [0.05, 0.1) is 11.3 Å². The smallest absolute Gasteiger partial charge is 0.145 e. The zero-order valence-corrected chi connectivity index (χ0v) is 16.9. The van der Waals surface area contributed by atoms with Crippen LogP contribution in [0.25, 0.3) is 0 Å². The van der Waals surface area contributed by atoms with Crippen molar-refractivity contribution in [1.29, 1.82) is 0 Å². The van der Waals surface area contributed by atoms with Crippen molar-refractivity contribution in [3.8, 4) is 0 Å². The molecule has 0 aromatic heterocycles. The largest absolute Gasteiger partial charge is 1.00 e. The first-order valence-corrected chi connectivity index (χ1v) is 12.4. The van der Waals surface area contributed by atoms with Gasteiger partial charge in [-0.15, -0.1) is 0 Å².